The second-order valence-electron chi connectivity index (χ2n) is 8.55. The number of halogens is 1. The second-order valence-corrected chi connectivity index (χ2v) is 8.55. The molecule has 5 heteroatoms. The topological polar surface area (TPSA) is 54.0 Å². The minimum Gasteiger partial charge on any atom is -0.368 e. The molecule has 0 spiro atoms. The smallest absolute Gasteiger partial charge is 0.226 e. The molecule has 4 nitrogen and oxygen atoms in total. The lowest BCUT2D eigenvalue weighted by Gasteiger charge is -2.15. The molecule has 162 valence electrons. The van der Waals surface area contributed by atoms with E-state index >= 15 is 0 Å². The summed E-state index contributed by atoms with van der Waals surface area (Å²) in [5, 5.41) is 6.03. The van der Waals surface area contributed by atoms with Crippen molar-refractivity contribution in [1.29, 1.82) is 0 Å². The largest absolute Gasteiger partial charge is 0.368 e. The van der Waals surface area contributed by atoms with Crippen LogP contribution in [-0.2, 0) is 4.79 Å². The van der Waals surface area contributed by atoms with E-state index < -0.39 is 0 Å². The first-order valence-corrected chi connectivity index (χ1v) is 10.6. The predicted molar refractivity (Wildman–Crippen MR) is 127 cm³/mol. The lowest BCUT2D eigenvalue weighted by atomic mass is 9.92. The Morgan fingerprint density at radius 2 is 1.58 bits per heavy atom. The molecule has 0 atom stereocenters. The Morgan fingerprint density at radius 3 is 2.16 bits per heavy atom. The van der Waals surface area contributed by atoms with Crippen LogP contribution in [0.2, 0.25) is 0 Å². The van der Waals surface area contributed by atoms with E-state index in [0.29, 0.717) is 17.3 Å². The van der Waals surface area contributed by atoms with Gasteiger partial charge in [0.1, 0.15) is 11.6 Å². The van der Waals surface area contributed by atoms with Gasteiger partial charge in [-0.2, -0.15) is 0 Å². The summed E-state index contributed by atoms with van der Waals surface area (Å²) in [6.45, 7) is 11.8. The first-order valence-electron chi connectivity index (χ1n) is 10.6. The van der Waals surface area contributed by atoms with Crippen molar-refractivity contribution in [3.05, 3.63) is 65.6 Å². The Bertz CT molecular complexity index is 1090. The maximum Gasteiger partial charge on any atom is 0.226 e. The van der Waals surface area contributed by atoms with Crippen molar-refractivity contribution in [2.75, 3.05) is 10.6 Å². The molecule has 1 amide bonds. The number of nitrogens with zero attached hydrogens (tertiary/aromatic N) is 1. The number of aromatic nitrogens is 1. The number of benzene rings is 2. The number of hydrogen-bond donors (Lipinski definition) is 2. The summed E-state index contributed by atoms with van der Waals surface area (Å²) >= 11 is 0. The van der Waals surface area contributed by atoms with Gasteiger partial charge < -0.3 is 10.6 Å². The number of nitrogens with one attached hydrogen (secondary N) is 2. The number of pyridine rings is 1. The Labute approximate surface area is 183 Å². The molecule has 0 fully saturated rings. The number of hydrogen-bond acceptors (Lipinski definition) is 3. The van der Waals surface area contributed by atoms with Gasteiger partial charge in [0.2, 0.25) is 5.91 Å². The SMILES string of the molecule is Cc1cc(-c2ccc(NC(=O)C(C)C)cc2F)c(C)cc1-c1ccc(NC(C)C)nc1. The van der Waals surface area contributed by atoms with Gasteiger partial charge in [-0.15, -0.1) is 0 Å². The Morgan fingerprint density at radius 1 is 0.903 bits per heavy atom. The minimum atomic E-state index is -0.359. The molecular formula is C26H30FN3O. The summed E-state index contributed by atoms with van der Waals surface area (Å²) in [7, 11) is 0. The molecule has 0 saturated heterocycles. The van der Waals surface area contributed by atoms with Crippen molar-refractivity contribution in [3.8, 4) is 22.3 Å². The summed E-state index contributed by atoms with van der Waals surface area (Å²) < 4.78 is 14.9. The van der Waals surface area contributed by atoms with E-state index in [1.807, 2.05) is 38.2 Å². The monoisotopic (exact) mass is 419 g/mol. The third-order valence-electron chi connectivity index (χ3n) is 5.13. The van der Waals surface area contributed by atoms with Crippen LogP contribution < -0.4 is 10.6 Å². The van der Waals surface area contributed by atoms with E-state index in [1.54, 1.807) is 26.0 Å². The Hall–Kier alpha value is -3.21. The molecule has 2 N–H and O–H groups in total. The van der Waals surface area contributed by atoms with Gasteiger partial charge in [0.25, 0.3) is 0 Å². The normalized spacial score (nSPS) is 11.1. The van der Waals surface area contributed by atoms with Crippen LogP contribution in [0, 0.1) is 25.6 Å². The zero-order chi connectivity index (χ0) is 22.7. The van der Waals surface area contributed by atoms with Crippen molar-refractivity contribution in [2.45, 2.75) is 47.6 Å². The van der Waals surface area contributed by atoms with Crippen molar-refractivity contribution < 1.29 is 9.18 Å². The van der Waals surface area contributed by atoms with Crippen LogP contribution in [0.25, 0.3) is 22.3 Å². The fourth-order valence-electron chi connectivity index (χ4n) is 3.45. The summed E-state index contributed by atoms with van der Waals surface area (Å²) in [4.78, 5) is 16.4. The zero-order valence-corrected chi connectivity index (χ0v) is 19.0. The molecule has 2 aromatic carbocycles. The van der Waals surface area contributed by atoms with E-state index in [9.17, 15) is 9.18 Å². The minimum absolute atomic E-state index is 0.133. The van der Waals surface area contributed by atoms with Crippen molar-refractivity contribution in [2.24, 2.45) is 5.92 Å². The Balaban J connectivity index is 1.91. The van der Waals surface area contributed by atoms with Crippen LogP contribution in [-0.4, -0.2) is 16.9 Å². The van der Waals surface area contributed by atoms with Gasteiger partial charge >= 0.3 is 0 Å². The fraction of sp³-hybridized carbons (Fsp3) is 0.308. The maximum atomic E-state index is 14.9. The van der Waals surface area contributed by atoms with Gasteiger partial charge in [-0.3, -0.25) is 4.79 Å². The van der Waals surface area contributed by atoms with Gasteiger partial charge in [-0.05, 0) is 80.3 Å². The first-order chi connectivity index (χ1) is 14.7. The summed E-state index contributed by atoms with van der Waals surface area (Å²) in [6, 6.07) is 13.3. The molecule has 0 bridgehead atoms. The van der Waals surface area contributed by atoms with Crippen molar-refractivity contribution in [3.63, 3.8) is 0 Å². The average Bonchev–Trinajstić information content (AvgIpc) is 2.70. The highest BCUT2D eigenvalue weighted by Crippen LogP contribution is 2.34. The third-order valence-corrected chi connectivity index (χ3v) is 5.13. The molecule has 1 heterocycles. The van der Waals surface area contributed by atoms with Crippen molar-refractivity contribution >= 4 is 17.4 Å². The number of aryl methyl sites for hydroxylation is 2. The standard InChI is InChI=1S/C26H30FN3O/c1-15(2)26(31)30-20-8-9-21(24(27)13-20)23-12-17(5)22(11-18(23)6)19-7-10-25(28-14-19)29-16(3)4/h7-16H,1-6H3,(H,28,29)(H,30,31). The summed E-state index contributed by atoms with van der Waals surface area (Å²) in [5.74, 6) is 0.190. The molecular weight excluding hydrogens is 389 g/mol. The molecule has 0 unspecified atom stereocenters. The highest BCUT2D eigenvalue weighted by Gasteiger charge is 2.14. The quantitative estimate of drug-likeness (QED) is 0.474. The van der Waals surface area contributed by atoms with Crippen molar-refractivity contribution in [1.82, 2.24) is 4.98 Å². The Kier molecular flexibility index (Phi) is 6.74. The lowest BCUT2D eigenvalue weighted by molar-refractivity contribution is -0.118. The second kappa shape index (κ2) is 9.29. The van der Waals surface area contributed by atoms with E-state index in [-0.39, 0.29) is 17.6 Å². The summed E-state index contributed by atoms with van der Waals surface area (Å²) in [5.41, 5.74) is 5.94. The highest BCUT2D eigenvalue weighted by atomic mass is 19.1. The molecule has 3 aromatic rings. The molecule has 0 saturated carbocycles. The molecule has 0 radical (unpaired) electrons. The van der Waals surface area contributed by atoms with E-state index in [1.165, 1.54) is 6.07 Å². The maximum absolute atomic E-state index is 14.9. The van der Waals surface area contributed by atoms with Crippen LogP contribution in [0.5, 0.6) is 0 Å². The van der Waals surface area contributed by atoms with E-state index in [2.05, 4.69) is 35.5 Å². The number of carbonyl (C=O) groups is 1. The van der Waals surface area contributed by atoms with Crippen LogP contribution >= 0.6 is 0 Å². The average molecular weight is 420 g/mol. The van der Waals surface area contributed by atoms with Gasteiger partial charge in [0.05, 0.1) is 0 Å². The zero-order valence-electron chi connectivity index (χ0n) is 19.0. The number of amides is 1. The van der Waals surface area contributed by atoms with Gasteiger partial charge in [-0.25, -0.2) is 9.37 Å². The number of carbonyl (C=O) groups excluding carboxylic acids is 1. The van der Waals surface area contributed by atoms with Gasteiger partial charge in [0, 0.05) is 35.0 Å². The van der Waals surface area contributed by atoms with Crippen LogP contribution in [0.15, 0.2) is 48.7 Å². The van der Waals surface area contributed by atoms with Gasteiger partial charge in [0.15, 0.2) is 0 Å². The number of rotatable bonds is 6. The fourth-order valence-corrected chi connectivity index (χ4v) is 3.45. The molecule has 0 aliphatic heterocycles. The molecule has 0 aliphatic rings. The van der Waals surface area contributed by atoms with Crippen LogP contribution in [0.4, 0.5) is 15.9 Å². The number of anilines is 2. The lowest BCUT2D eigenvalue weighted by Crippen LogP contribution is -2.17. The van der Waals surface area contributed by atoms with Crippen LogP contribution in [0.1, 0.15) is 38.8 Å². The summed E-state index contributed by atoms with van der Waals surface area (Å²) in [6.07, 6.45) is 1.86. The molecule has 1 aromatic heterocycles. The predicted octanol–water partition coefficient (Wildman–Crippen LogP) is 6.59. The van der Waals surface area contributed by atoms with Crippen LogP contribution in [0.3, 0.4) is 0 Å². The van der Waals surface area contributed by atoms with Gasteiger partial charge in [-0.1, -0.05) is 26.0 Å². The van der Waals surface area contributed by atoms with E-state index in [0.717, 1.165) is 33.6 Å². The highest BCUT2D eigenvalue weighted by molar-refractivity contribution is 5.92. The third kappa shape index (κ3) is 5.29. The first kappa shape index (κ1) is 22.5. The molecule has 3 rings (SSSR count). The molecule has 31 heavy (non-hydrogen) atoms. The molecule has 0 aliphatic carbocycles. The van der Waals surface area contributed by atoms with E-state index in [4.69, 9.17) is 0 Å².